The van der Waals surface area contributed by atoms with Crippen LogP contribution in [0.2, 0.25) is 0 Å². The molecule has 0 radical (unpaired) electrons. The molecule has 2 saturated heterocycles. The van der Waals surface area contributed by atoms with E-state index in [4.69, 9.17) is 14.1 Å². The Morgan fingerprint density at radius 1 is 1.31 bits per heavy atom. The Bertz CT molecular complexity index is 792. The molecule has 156 valence electrons. The summed E-state index contributed by atoms with van der Waals surface area (Å²) in [6.07, 6.45) is 7.34. The van der Waals surface area contributed by atoms with Gasteiger partial charge in [0, 0.05) is 44.9 Å². The number of hydrogen-bond acceptors (Lipinski definition) is 5. The van der Waals surface area contributed by atoms with Crippen LogP contribution in [-0.2, 0) is 11.2 Å². The van der Waals surface area contributed by atoms with Crippen LogP contribution < -0.4 is 15.5 Å². The third kappa shape index (κ3) is 5.47. The molecule has 4 rings (SSSR count). The number of pyridine rings is 1. The number of ether oxygens (including phenoxy) is 1. The van der Waals surface area contributed by atoms with Crippen LogP contribution in [0.3, 0.4) is 0 Å². The number of aliphatic imine (C=N–C) groups is 1. The first kappa shape index (κ1) is 19.7. The summed E-state index contributed by atoms with van der Waals surface area (Å²) >= 11 is 0. The average molecular weight is 401 g/mol. The molecule has 8 heteroatoms. The predicted octanol–water partition coefficient (Wildman–Crippen LogP) is 2.35. The molecule has 7 nitrogen and oxygen atoms in total. The summed E-state index contributed by atoms with van der Waals surface area (Å²) in [5.41, 5.74) is 0. The van der Waals surface area contributed by atoms with Gasteiger partial charge in [-0.2, -0.15) is 0 Å². The van der Waals surface area contributed by atoms with Gasteiger partial charge in [-0.1, -0.05) is 0 Å². The maximum absolute atomic E-state index is 14.0. The molecule has 0 aliphatic carbocycles. The lowest BCUT2D eigenvalue weighted by atomic mass is 10.2. The van der Waals surface area contributed by atoms with Gasteiger partial charge in [0.25, 0.3) is 0 Å². The van der Waals surface area contributed by atoms with Crippen molar-refractivity contribution in [3.63, 3.8) is 0 Å². The highest BCUT2D eigenvalue weighted by Gasteiger charge is 2.26. The van der Waals surface area contributed by atoms with Gasteiger partial charge in [-0.05, 0) is 43.5 Å². The molecule has 2 unspecified atom stereocenters. The zero-order valence-electron chi connectivity index (χ0n) is 16.5. The summed E-state index contributed by atoms with van der Waals surface area (Å²) < 4.78 is 25.1. The highest BCUT2D eigenvalue weighted by atomic mass is 19.1. The number of nitrogens with zero attached hydrogens (tertiary/aromatic N) is 3. The van der Waals surface area contributed by atoms with Gasteiger partial charge in [0.1, 0.15) is 5.76 Å². The van der Waals surface area contributed by atoms with E-state index in [1.807, 2.05) is 17.0 Å². The second-order valence-electron chi connectivity index (χ2n) is 7.47. The Morgan fingerprint density at radius 2 is 2.28 bits per heavy atom. The van der Waals surface area contributed by atoms with E-state index in [9.17, 15) is 4.39 Å². The number of anilines is 1. The molecule has 29 heavy (non-hydrogen) atoms. The van der Waals surface area contributed by atoms with E-state index >= 15 is 0 Å². The van der Waals surface area contributed by atoms with Crippen LogP contribution in [0, 0.1) is 5.82 Å². The summed E-state index contributed by atoms with van der Waals surface area (Å²) in [5.74, 6) is 1.84. The first-order valence-corrected chi connectivity index (χ1v) is 10.3. The SMILES string of the molecule is Fc1cccnc1N1CCC(NC(=NCC2CCCO2)NCCc2ccco2)C1. The van der Waals surface area contributed by atoms with Gasteiger partial charge in [0.05, 0.1) is 18.9 Å². The monoisotopic (exact) mass is 401 g/mol. The van der Waals surface area contributed by atoms with E-state index in [0.29, 0.717) is 18.9 Å². The van der Waals surface area contributed by atoms with Gasteiger partial charge < -0.3 is 24.7 Å². The van der Waals surface area contributed by atoms with Gasteiger partial charge >= 0.3 is 0 Å². The molecule has 2 aliphatic rings. The zero-order valence-corrected chi connectivity index (χ0v) is 16.5. The Labute approximate surface area is 170 Å². The van der Waals surface area contributed by atoms with E-state index in [2.05, 4.69) is 15.6 Å². The summed E-state index contributed by atoms with van der Waals surface area (Å²) in [6, 6.07) is 7.10. The van der Waals surface area contributed by atoms with Gasteiger partial charge in [-0.3, -0.25) is 4.99 Å². The van der Waals surface area contributed by atoms with Crippen molar-refractivity contribution < 1.29 is 13.5 Å². The zero-order chi connectivity index (χ0) is 19.9. The van der Waals surface area contributed by atoms with Crippen molar-refractivity contribution in [2.24, 2.45) is 4.99 Å². The predicted molar refractivity (Wildman–Crippen MR) is 110 cm³/mol. The third-order valence-electron chi connectivity index (χ3n) is 5.29. The number of nitrogens with one attached hydrogen (secondary N) is 2. The molecule has 2 atom stereocenters. The number of furan rings is 1. The maximum atomic E-state index is 14.0. The maximum Gasteiger partial charge on any atom is 0.191 e. The lowest BCUT2D eigenvalue weighted by molar-refractivity contribution is 0.117. The molecule has 2 aromatic rings. The Balaban J connectivity index is 1.33. The molecule has 0 bridgehead atoms. The minimum atomic E-state index is -0.281. The van der Waals surface area contributed by atoms with E-state index in [1.54, 1.807) is 18.5 Å². The minimum absolute atomic E-state index is 0.177. The lowest BCUT2D eigenvalue weighted by Crippen LogP contribution is -2.45. The van der Waals surface area contributed by atoms with Gasteiger partial charge in [0.2, 0.25) is 0 Å². The Morgan fingerprint density at radius 3 is 3.07 bits per heavy atom. The molecule has 4 heterocycles. The fourth-order valence-electron chi connectivity index (χ4n) is 3.77. The second-order valence-corrected chi connectivity index (χ2v) is 7.47. The van der Waals surface area contributed by atoms with E-state index in [0.717, 1.165) is 57.1 Å². The minimum Gasteiger partial charge on any atom is -0.469 e. The summed E-state index contributed by atoms with van der Waals surface area (Å²) in [7, 11) is 0. The fourth-order valence-corrected chi connectivity index (χ4v) is 3.77. The molecule has 2 N–H and O–H groups in total. The van der Waals surface area contributed by atoms with Gasteiger partial charge in [-0.15, -0.1) is 0 Å². The van der Waals surface area contributed by atoms with Crippen molar-refractivity contribution in [1.82, 2.24) is 15.6 Å². The second kappa shape index (κ2) is 9.73. The van der Waals surface area contributed by atoms with Crippen LogP contribution in [-0.4, -0.2) is 55.9 Å². The molecule has 2 fully saturated rings. The summed E-state index contributed by atoms with van der Waals surface area (Å²) in [6.45, 7) is 3.63. The first-order chi connectivity index (χ1) is 14.3. The van der Waals surface area contributed by atoms with Crippen molar-refractivity contribution in [3.05, 3.63) is 48.3 Å². The third-order valence-corrected chi connectivity index (χ3v) is 5.29. The largest absolute Gasteiger partial charge is 0.469 e. The van der Waals surface area contributed by atoms with Crippen molar-refractivity contribution in [2.45, 2.75) is 37.8 Å². The Kier molecular flexibility index (Phi) is 6.61. The molecule has 2 aliphatic heterocycles. The quantitative estimate of drug-likeness (QED) is 0.548. The standard InChI is InChI=1S/C21H28FN5O2/c22-19-6-1-9-23-20(19)27-11-8-16(15-27)26-21(25-14-18-5-3-13-29-18)24-10-7-17-4-2-12-28-17/h1-2,4,6,9,12,16,18H,3,5,7-8,10-11,13-15H2,(H2,24,25,26). The normalized spacial score (nSPS) is 22.2. The highest BCUT2D eigenvalue weighted by Crippen LogP contribution is 2.20. The molecule has 2 aromatic heterocycles. The van der Waals surface area contributed by atoms with Crippen LogP contribution in [0.15, 0.2) is 46.1 Å². The van der Waals surface area contributed by atoms with Crippen LogP contribution in [0.5, 0.6) is 0 Å². The summed E-state index contributed by atoms with van der Waals surface area (Å²) in [4.78, 5) is 10.9. The van der Waals surface area contributed by atoms with Crippen molar-refractivity contribution in [2.75, 3.05) is 37.7 Å². The van der Waals surface area contributed by atoms with E-state index in [-0.39, 0.29) is 18.0 Å². The average Bonchev–Trinajstić information content (AvgIpc) is 3.49. The number of halogens is 1. The molecule has 0 spiro atoms. The van der Waals surface area contributed by atoms with Crippen LogP contribution in [0.1, 0.15) is 25.0 Å². The van der Waals surface area contributed by atoms with Crippen molar-refractivity contribution in [3.8, 4) is 0 Å². The number of hydrogen-bond donors (Lipinski definition) is 2. The molecule has 0 amide bonds. The first-order valence-electron chi connectivity index (χ1n) is 10.3. The van der Waals surface area contributed by atoms with Crippen LogP contribution in [0.4, 0.5) is 10.2 Å². The summed E-state index contributed by atoms with van der Waals surface area (Å²) in [5, 5.41) is 6.89. The van der Waals surface area contributed by atoms with Crippen LogP contribution in [0.25, 0.3) is 0 Å². The van der Waals surface area contributed by atoms with E-state index < -0.39 is 0 Å². The fraction of sp³-hybridized carbons (Fsp3) is 0.524. The van der Waals surface area contributed by atoms with Crippen LogP contribution >= 0.6 is 0 Å². The molecule has 0 aromatic carbocycles. The number of rotatable bonds is 7. The Hall–Kier alpha value is -2.61. The number of guanidine groups is 1. The molecular weight excluding hydrogens is 373 g/mol. The van der Waals surface area contributed by atoms with Gasteiger partial charge in [-0.25, -0.2) is 9.37 Å². The highest BCUT2D eigenvalue weighted by molar-refractivity contribution is 5.80. The lowest BCUT2D eigenvalue weighted by Gasteiger charge is -2.20. The molecular formula is C21H28FN5O2. The smallest absolute Gasteiger partial charge is 0.191 e. The van der Waals surface area contributed by atoms with E-state index in [1.165, 1.54) is 6.07 Å². The van der Waals surface area contributed by atoms with Crippen molar-refractivity contribution >= 4 is 11.8 Å². The van der Waals surface area contributed by atoms with Crippen molar-refractivity contribution in [1.29, 1.82) is 0 Å². The topological polar surface area (TPSA) is 74.9 Å². The molecule has 0 saturated carbocycles. The number of aromatic nitrogens is 1. The van der Waals surface area contributed by atoms with Gasteiger partial charge in [0.15, 0.2) is 17.6 Å².